The van der Waals surface area contributed by atoms with Gasteiger partial charge in [0.05, 0.1) is 11.3 Å². The SMILES string of the molecule is O=C(Nc1ccc(N(S)C(=O)NCCSc2cccc(Br)c2)cc1)c1ccccc1F. The predicted octanol–water partition coefficient (Wildman–Crippen LogP) is 5.99. The molecule has 5 nitrogen and oxygen atoms in total. The number of hydrogen-bond donors (Lipinski definition) is 3. The molecule has 0 fully saturated rings. The number of thiol groups is 1. The molecule has 160 valence electrons. The number of halogens is 2. The van der Waals surface area contributed by atoms with Crippen LogP contribution in [-0.2, 0) is 0 Å². The van der Waals surface area contributed by atoms with Crippen molar-refractivity contribution in [2.75, 3.05) is 21.9 Å². The van der Waals surface area contributed by atoms with Crippen LogP contribution in [-0.4, -0.2) is 24.2 Å². The third-order valence-corrected chi connectivity index (χ3v) is 6.03. The first-order chi connectivity index (χ1) is 14.9. The van der Waals surface area contributed by atoms with E-state index >= 15 is 0 Å². The van der Waals surface area contributed by atoms with Crippen molar-refractivity contribution in [1.29, 1.82) is 0 Å². The van der Waals surface area contributed by atoms with E-state index in [1.165, 1.54) is 22.5 Å². The minimum absolute atomic E-state index is 0.0393. The summed E-state index contributed by atoms with van der Waals surface area (Å²) in [6.45, 7) is 0.476. The number of urea groups is 1. The Kier molecular flexibility index (Phi) is 8.39. The van der Waals surface area contributed by atoms with Crippen molar-refractivity contribution in [3.63, 3.8) is 0 Å². The van der Waals surface area contributed by atoms with Crippen molar-refractivity contribution in [3.05, 3.63) is 88.6 Å². The predicted molar refractivity (Wildman–Crippen MR) is 131 cm³/mol. The van der Waals surface area contributed by atoms with Gasteiger partial charge < -0.3 is 10.6 Å². The average Bonchev–Trinajstić information content (AvgIpc) is 2.77. The van der Waals surface area contributed by atoms with E-state index in [4.69, 9.17) is 0 Å². The van der Waals surface area contributed by atoms with Gasteiger partial charge >= 0.3 is 6.03 Å². The molecule has 0 heterocycles. The molecule has 3 aromatic rings. The van der Waals surface area contributed by atoms with Gasteiger partial charge in [0.1, 0.15) is 5.82 Å². The standard InChI is InChI=1S/C22H19BrFN3O2S2/c23-15-4-3-5-18(14-15)31-13-12-25-22(29)27(30)17-10-8-16(9-11-17)26-21(28)19-6-1-2-7-20(19)24/h1-11,14,30H,12-13H2,(H,25,29)(H,26,28). The first-order valence-electron chi connectivity index (χ1n) is 9.25. The van der Waals surface area contributed by atoms with Crippen molar-refractivity contribution in [2.45, 2.75) is 4.90 Å². The van der Waals surface area contributed by atoms with Crippen molar-refractivity contribution in [3.8, 4) is 0 Å². The number of hydrogen-bond acceptors (Lipinski definition) is 4. The van der Waals surface area contributed by atoms with Crippen LogP contribution < -0.4 is 14.9 Å². The number of rotatable bonds is 7. The van der Waals surface area contributed by atoms with Crippen LogP contribution in [0.2, 0.25) is 0 Å². The molecule has 0 aromatic heterocycles. The van der Waals surface area contributed by atoms with E-state index in [9.17, 15) is 14.0 Å². The maximum absolute atomic E-state index is 13.7. The quantitative estimate of drug-likeness (QED) is 0.204. The largest absolute Gasteiger partial charge is 0.336 e. The Labute approximate surface area is 198 Å². The number of thioether (sulfide) groups is 1. The zero-order valence-corrected chi connectivity index (χ0v) is 19.5. The maximum atomic E-state index is 13.7. The first kappa shape index (κ1) is 23.2. The van der Waals surface area contributed by atoms with Crippen LogP contribution in [0, 0.1) is 5.82 Å². The molecule has 9 heteroatoms. The third-order valence-electron chi connectivity index (χ3n) is 4.12. The molecule has 0 aliphatic rings. The highest BCUT2D eigenvalue weighted by molar-refractivity contribution is 9.10. The van der Waals surface area contributed by atoms with Crippen molar-refractivity contribution in [2.24, 2.45) is 0 Å². The Hall–Kier alpha value is -2.49. The zero-order valence-electron chi connectivity index (χ0n) is 16.2. The second-order valence-corrected chi connectivity index (χ2v) is 8.81. The molecule has 2 N–H and O–H groups in total. The molecule has 3 amide bonds. The molecule has 3 aromatic carbocycles. The van der Waals surface area contributed by atoms with Gasteiger partial charge in [-0.2, -0.15) is 0 Å². The summed E-state index contributed by atoms with van der Waals surface area (Å²) in [5.41, 5.74) is 0.969. The monoisotopic (exact) mass is 519 g/mol. The fourth-order valence-electron chi connectivity index (χ4n) is 2.61. The van der Waals surface area contributed by atoms with E-state index < -0.39 is 11.7 Å². The Morgan fingerprint density at radius 3 is 2.48 bits per heavy atom. The van der Waals surface area contributed by atoms with Crippen LogP contribution in [0.5, 0.6) is 0 Å². The molecule has 3 rings (SSSR count). The number of amides is 3. The molecule has 0 aliphatic carbocycles. The van der Waals surface area contributed by atoms with Gasteiger partial charge in [0.2, 0.25) is 0 Å². The highest BCUT2D eigenvalue weighted by Gasteiger charge is 2.13. The lowest BCUT2D eigenvalue weighted by atomic mass is 10.2. The van der Waals surface area contributed by atoms with E-state index in [1.807, 2.05) is 24.3 Å². The van der Waals surface area contributed by atoms with Crippen LogP contribution in [0.3, 0.4) is 0 Å². The Morgan fingerprint density at radius 2 is 1.77 bits per heavy atom. The third kappa shape index (κ3) is 6.75. The summed E-state index contributed by atoms with van der Waals surface area (Å²) in [6.07, 6.45) is 0. The molecule has 0 spiro atoms. The Balaban J connectivity index is 1.48. The summed E-state index contributed by atoms with van der Waals surface area (Å²) in [7, 11) is 0. The highest BCUT2D eigenvalue weighted by atomic mass is 79.9. The normalized spacial score (nSPS) is 10.4. The molecular formula is C22H19BrFN3O2S2. The van der Waals surface area contributed by atoms with Gasteiger partial charge in [-0.05, 0) is 54.6 Å². The minimum atomic E-state index is -0.590. The molecule has 0 atom stereocenters. The van der Waals surface area contributed by atoms with Gasteiger partial charge in [0.15, 0.2) is 0 Å². The highest BCUT2D eigenvalue weighted by Crippen LogP contribution is 2.22. The van der Waals surface area contributed by atoms with Gasteiger partial charge in [0, 0.05) is 27.4 Å². The second kappa shape index (κ2) is 11.2. The molecule has 0 unspecified atom stereocenters. The molecular weight excluding hydrogens is 501 g/mol. The lowest BCUT2D eigenvalue weighted by molar-refractivity contribution is 0.102. The summed E-state index contributed by atoms with van der Waals surface area (Å²) in [5, 5.41) is 5.43. The number of carbonyl (C=O) groups excluding carboxylic acids is 2. The van der Waals surface area contributed by atoms with Crippen LogP contribution in [0.1, 0.15) is 10.4 Å². The lowest BCUT2D eigenvalue weighted by Gasteiger charge is -2.17. The maximum Gasteiger partial charge on any atom is 0.331 e. The lowest BCUT2D eigenvalue weighted by Crippen LogP contribution is -2.35. The Morgan fingerprint density at radius 1 is 1.03 bits per heavy atom. The molecule has 31 heavy (non-hydrogen) atoms. The fraction of sp³-hybridized carbons (Fsp3) is 0.0909. The van der Waals surface area contributed by atoms with E-state index in [2.05, 4.69) is 39.4 Å². The molecule has 0 saturated heterocycles. The Bertz CT molecular complexity index is 1070. The summed E-state index contributed by atoms with van der Waals surface area (Å²) < 4.78 is 15.9. The topological polar surface area (TPSA) is 61.4 Å². The van der Waals surface area contributed by atoms with Gasteiger partial charge in [0.25, 0.3) is 5.91 Å². The fourth-order valence-corrected chi connectivity index (χ4v) is 4.19. The van der Waals surface area contributed by atoms with Crippen molar-refractivity contribution in [1.82, 2.24) is 5.32 Å². The summed E-state index contributed by atoms with van der Waals surface area (Å²) in [5.74, 6) is -0.424. The minimum Gasteiger partial charge on any atom is -0.336 e. The molecule has 0 aliphatic heterocycles. The molecule has 0 saturated carbocycles. The zero-order chi connectivity index (χ0) is 22.2. The first-order valence-corrected chi connectivity index (χ1v) is 11.4. The van der Waals surface area contributed by atoms with Crippen molar-refractivity contribution >= 4 is 63.8 Å². The van der Waals surface area contributed by atoms with Crippen LogP contribution in [0.4, 0.5) is 20.6 Å². The van der Waals surface area contributed by atoms with E-state index in [-0.39, 0.29) is 11.6 Å². The van der Waals surface area contributed by atoms with Crippen LogP contribution >= 0.6 is 40.5 Å². The smallest absolute Gasteiger partial charge is 0.331 e. The number of nitrogens with zero attached hydrogens (tertiary/aromatic N) is 1. The van der Waals surface area contributed by atoms with Gasteiger partial charge in [-0.25, -0.2) is 13.5 Å². The van der Waals surface area contributed by atoms with Gasteiger partial charge in [-0.1, -0.05) is 46.9 Å². The summed E-state index contributed by atoms with van der Waals surface area (Å²) in [4.78, 5) is 25.6. The van der Waals surface area contributed by atoms with Crippen LogP contribution in [0.15, 0.2) is 82.2 Å². The van der Waals surface area contributed by atoms with E-state index in [0.29, 0.717) is 23.7 Å². The number of nitrogens with one attached hydrogen (secondary N) is 2. The van der Waals surface area contributed by atoms with Gasteiger partial charge in [-0.3, -0.25) is 4.79 Å². The number of benzene rings is 3. The van der Waals surface area contributed by atoms with Crippen molar-refractivity contribution < 1.29 is 14.0 Å². The van der Waals surface area contributed by atoms with Crippen LogP contribution in [0.25, 0.3) is 0 Å². The second-order valence-electron chi connectivity index (χ2n) is 6.33. The molecule has 0 bridgehead atoms. The van der Waals surface area contributed by atoms with E-state index in [0.717, 1.165) is 9.37 Å². The number of anilines is 2. The summed E-state index contributed by atoms with van der Waals surface area (Å²) >= 11 is 9.31. The van der Waals surface area contributed by atoms with E-state index in [1.54, 1.807) is 42.1 Å². The van der Waals surface area contributed by atoms with Gasteiger partial charge in [-0.15, -0.1) is 11.8 Å². The summed E-state index contributed by atoms with van der Waals surface area (Å²) in [6, 6.07) is 19.9. The number of carbonyl (C=O) groups is 2. The molecule has 0 radical (unpaired) electrons. The average molecular weight is 520 g/mol.